The molecule has 2 saturated heterocycles. The lowest BCUT2D eigenvalue weighted by atomic mass is 9.68. The summed E-state index contributed by atoms with van der Waals surface area (Å²) >= 11 is 0. The zero-order valence-corrected chi connectivity index (χ0v) is 43.3. The number of allylic oxidation sites excluding steroid dienone is 1. The highest BCUT2D eigenvalue weighted by atomic mass is 31.2. The number of likely N-dealkylation sites (N-methyl/N-ethyl adjacent to an activating group) is 1. The summed E-state index contributed by atoms with van der Waals surface area (Å²) in [6.45, 7) is 9.99. The van der Waals surface area contributed by atoms with Crippen molar-refractivity contribution in [3.63, 3.8) is 0 Å². The molecule has 3 aliphatic rings. The first-order valence-electron chi connectivity index (χ1n) is 25.9. The van der Waals surface area contributed by atoms with Gasteiger partial charge < -0.3 is 46.8 Å². The molecule has 8 atom stereocenters. The third-order valence-corrected chi connectivity index (χ3v) is 14.4. The van der Waals surface area contributed by atoms with Gasteiger partial charge in [-0.15, -0.1) is 0 Å². The number of quaternary nitrogens is 1. The molecule has 0 bridgehead atoms. The molecule has 0 aromatic carbocycles. The van der Waals surface area contributed by atoms with Crippen LogP contribution in [0.2, 0.25) is 0 Å². The Morgan fingerprint density at radius 2 is 1.32 bits per heavy atom. The molecule has 2 heterocycles. The van der Waals surface area contributed by atoms with E-state index in [0.717, 1.165) is 57.8 Å². The number of ether oxygens (including phenoxy) is 6. The molecule has 0 N–H and O–H groups in total. The maximum Gasteiger partial charge on any atom is 0.306 e. The Labute approximate surface area is 395 Å². The van der Waals surface area contributed by atoms with Crippen LogP contribution < -0.4 is 4.89 Å². The molecule has 0 aromatic heterocycles. The second kappa shape index (κ2) is 30.9. The van der Waals surface area contributed by atoms with E-state index in [0.29, 0.717) is 43.5 Å². The van der Waals surface area contributed by atoms with Crippen molar-refractivity contribution in [3.8, 4) is 0 Å². The van der Waals surface area contributed by atoms with Gasteiger partial charge in [-0.2, -0.15) is 0 Å². The Balaban J connectivity index is 1.28. The van der Waals surface area contributed by atoms with Crippen LogP contribution in [0.5, 0.6) is 0 Å². The first-order chi connectivity index (χ1) is 31.0. The van der Waals surface area contributed by atoms with Crippen LogP contribution in [0.3, 0.4) is 0 Å². The quantitative estimate of drug-likeness (QED) is 0.0143. The standard InChI is InChI=1S/C51H94NO12P/c1-9-10-11-12-13-14-15-16-17-18-19-20-23-26-29-37-58-39-43(40-61-65(55,56)60-38-36-52(5,6)7)62-46(53)30-27-24-21-22-25-28-31-47(54)63-44-34-35-51(41-59-51)49(48(44)57-8)50(4)45(64-50)33-32-42(2)3/h32,43-45,48-49H,9-31,33-41H2,1-8H3/t43?,44-,45?,48-,49-,50+,51+/m1/s1. The van der Waals surface area contributed by atoms with E-state index < -0.39 is 19.9 Å². The highest BCUT2D eigenvalue weighted by Crippen LogP contribution is 2.59. The van der Waals surface area contributed by atoms with Crippen molar-refractivity contribution in [2.24, 2.45) is 5.92 Å². The van der Waals surface area contributed by atoms with Crippen LogP contribution in [-0.2, 0) is 51.6 Å². The zero-order chi connectivity index (χ0) is 47.6. The van der Waals surface area contributed by atoms with E-state index in [-0.39, 0.29) is 67.6 Å². The van der Waals surface area contributed by atoms with E-state index in [2.05, 4.69) is 33.8 Å². The maximum absolute atomic E-state index is 13.0. The van der Waals surface area contributed by atoms with Gasteiger partial charge >= 0.3 is 11.9 Å². The predicted molar refractivity (Wildman–Crippen MR) is 254 cm³/mol. The molecule has 65 heavy (non-hydrogen) atoms. The van der Waals surface area contributed by atoms with E-state index in [1.807, 2.05) is 21.1 Å². The lowest BCUT2D eigenvalue weighted by Crippen LogP contribution is -2.55. The number of carbonyl (C=O) groups excluding carboxylic acids is 2. The van der Waals surface area contributed by atoms with Gasteiger partial charge in [0.2, 0.25) is 0 Å². The van der Waals surface area contributed by atoms with Crippen molar-refractivity contribution in [2.45, 2.75) is 230 Å². The van der Waals surface area contributed by atoms with Crippen molar-refractivity contribution < 1.29 is 61.0 Å². The van der Waals surface area contributed by atoms with Crippen LogP contribution in [0.15, 0.2) is 11.6 Å². The highest BCUT2D eigenvalue weighted by molar-refractivity contribution is 7.45. The molecule has 3 rings (SSSR count). The summed E-state index contributed by atoms with van der Waals surface area (Å²) < 4.78 is 59.2. The van der Waals surface area contributed by atoms with Crippen LogP contribution in [0.25, 0.3) is 0 Å². The largest absolute Gasteiger partial charge is 0.756 e. The van der Waals surface area contributed by atoms with Gasteiger partial charge in [0.15, 0.2) is 0 Å². The molecule has 3 fully saturated rings. The minimum atomic E-state index is -4.58. The maximum atomic E-state index is 13.0. The van der Waals surface area contributed by atoms with Gasteiger partial charge in [-0.05, 0) is 59.3 Å². The number of phosphoric acid groups is 1. The average molecular weight is 944 g/mol. The molecule has 0 amide bonds. The van der Waals surface area contributed by atoms with Crippen molar-refractivity contribution in [1.82, 2.24) is 0 Å². The Hall–Kier alpha value is -1.41. The monoisotopic (exact) mass is 944 g/mol. The van der Waals surface area contributed by atoms with Crippen LogP contribution in [0, 0.1) is 5.92 Å². The molecule has 380 valence electrons. The number of phosphoric ester groups is 1. The SMILES string of the molecule is CCCCCCCCCCCCCCCCCOCC(COP(=O)([O-])OCC[N+](C)(C)C)OC(=O)CCCCCCCCC(=O)O[C@@H]1CC[C@]2(CO2)[C@@H]([C@@]2(C)OC2CC=C(C)C)[C@@H]1OC. The first kappa shape index (κ1) is 57.9. The number of methoxy groups -OCH3 is 1. The van der Waals surface area contributed by atoms with E-state index >= 15 is 0 Å². The molecule has 13 nitrogen and oxygen atoms in total. The number of hydrogen-bond donors (Lipinski definition) is 0. The Kier molecular flexibility index (Phi) is 27.6. The van der Waals surface area contributed by atoms with Gasteiger partial charge in [0.1, 0.15) is 42.7 Å². The van der Waals surface area contributed by atoms with Crippen LogP contribution >= 0.6 is 7.82 Å². The number of nitrogens with zero attached hydrogens (tertiary/aromatic N) is 1. The van der Waals surface area contributed by atoms with Crippen LogP contribution in [0.4, 0.5) is 0 Å². The number of carbonyl (C=O) groups is 2. The lowest BCUT2D eigenvalue weighted by Gasteiger charge is -2.42. The van der Waals surface area contributed by atoms with Gasteiger partial charge in [0.05, 0.1) is 53.0 Å². The number of hydrogen-bond acceptors (Lipinski definition) is 12. The van der Waals surface area contributed by atoms with E-state index in [1.54, 1.807) is 7.11 Å². The van der Waals surface area contributed by atoms with Gasteiger partial charge in [0, 0.05) is 26.6 Å². The first-order valence-corrected chi connectivity index (χ1v) is 27.4. The second-order valence-electron chi connectivity index (χ2n) is 20.8. The molecule has 2 aliphatic heterocycles. The summed E-state index contributed by atoms with van der Waals surface area (Å²) in [5.41, 5.74) is 0.640. The van der Waals surface area contributed by atoms with E-state index in [4.69, 9.17) is 37.5 Å². The summed E-state index contributed by atoms with van der Waals surface area (Å²) in [6, 6.07) is 0. The van der Waals surface area contributed by atoms with Crippen molar-refractivity contribution >= 4 is 19.8 Å². The predicted octanol–water partition coefficient (Wildman–Crippen LogP) is 10.7. The fraction of sp³-hybridized carbons (Fsp3) is 0.922. The van der Waals surface area contributed by atoms with Crippen molar-refractivity contribution in [1.29, 1.82) is 0 Å². The summed E-state index contributed by atoms with van der Waals surface area (Å²) in [4.78, 5) is 38.3. The molecule has 0 aromatic rings. The molecule has 3 unspecified atom stereocenters. The summed E-state index contributed by atoms with van der Waals surface area (Å²) in [7, 11) is 2.95. The molecule has 14 heteroatoms. The highest BCUT2D eigenvalue weighted by Gasteiger charge is 2.72. The van der Waals surface area contributed by atoms with Crippen molar-refractivity contribution in [3.05, 3.63) is 11.6 Å². The Morgan fingerprint density at radius 3 is 1.85 bits per heavy atom. The van der Waals surface area contributed by atoms with E-state index in [9.17, 15) is 19.0 Å². The minimum Gasteiger partial charge on any atom is -0.756 e. The number of rotatable bonds is 40. The van der Waals surface area contributed by atoms with E-state index in [1.165, 1.54) is 89.0 Å². The number of esters is 2. The molecule has 1 aliphatic carbocycles. The van der Waals surface area contributed by atoms with Crippen LogP contribution in [-0.4, -0.2) is 120 Å². The normalized spacial score (nSPS) is 25.2. The summed E-state index contributed by atoms with van der Waals surface area (Å²) in [6.07, 6.45) is 28.0. The second-order valence-corrected chi connectivity index (χ2v) is 22.2. The third kappa shape index (κ3) is 24.1. The Morgan fingerprint density at radius 1 is 0.785 bits per heavy atom. The fourth-order valence-electron chi connectivity index (χ4n) is 9.33. The lowest BCUT2D eigenvalue weighted by molar-refractivity contribution is -0.870. The van der Waals surface area contributed by atoms with Gasteiger partial charge in [0.25, 0.3) is 7.82 Å². The van der Waals surface area contributed by atoms with Crippen LogP contribution in [0.1, 0.15) is 195 Å². The summed E-state index contributed by atoms with van der Waals surface area (Å²) in [5, 5.41) is 0. The third-order valence-electron chi connectivity index (χ3n) is 13.5. The molecular formula is C51H94NO12P. The molecular weight excluding hydrogens is 850 g/mol. The molecule has 0 radical (unpaired) electrons. The molecule has 1 spiro atoms. The minimum absolute atomic E-state index is 0.000569. The van der Waals surface area contributed by atoms with Gasteiger partial charge in [-0.25, -0.2) is 0 Å². The fourth-order valence-corrected chi connectivity index (χ4v) is 10.1. The summed E-state index contributed by atoms with van der Waals surface area (Å²) in [5.74, 6) is -0.609. The smallest absolute Gasteiger partial charge is 0.306 e. The zero-order valence-electron chi connectivity index (χ0n) is 42.4. The number of epoxide rings is 2. The average Bonchev–Trinajstić information content (AvgIpc) is 4.17. The number of unbranched alkanes of at least 4 members (excludes halogenated alkanes) is 19. The Bertz CT molecular complexity index is 1400. The van der Waals surface area contributed by atoms with Gasteiger partial charge in [-0.3, -0.25) is 14.2 Å². The van der Waals surface area contributed by atoms with Gasteiger partial charge in [-0.1, -0.05) is 134 Å². The molecule has 1 saturated carbocycles. The van der Waals surface area contributed by atoms with Crippen molar-refractivity contribution in [2.75, 3.05) is 67.8 Å². The topological polar surface area (TPSA) is 155 Å².